The molecule has 1 saturated carbocycles. The van der Waals surface area contributed by atoms with Crippen LogP contribution in [0.2, 0.25) is 0 Å². The molecule has 96 valence electrons. The highest BCUT2D eigenvalue weighted by Gasteiger charge is 2.49. The smallest absolute Gasteiger partial charge is 0.315 e. The van der Waals surface area contributed by atoms with Gasteiger partial charge in [-0.3, -0.25) is 4.79 Å². The molecule has 0 bridgehead atoms. The third-order valence-electron chi connectivity index (χ3n) is 3.81. The van der Waals surface area contributed by atoms with Gasteiger partial charge in [-0.2, -0.15) is 0 Å². The predicted molar refractivity (Wildman–Crippen MR) is 69.1 cm³/mol. The van der Waals surface area contributed by atoms with Crippen molar-refractivity contribution >= 4 is 27.6 Å². The molecular formula is C13H15NO3S. The molecule has 1 aliphatic rings. The Kier molecular flexibility index (Phi) is 2.48. The number of aromatic nitrogens is 1. The van der Waals surface area contributed by atoms with E-state index in [9.17, 15) is 9.90 Å². The number of rotatable bonds is 3. The molecule has 0 spiro atoms. The molecule has 0 amide bonds. The van der Waals surface area contributed by atoms with Crippen LogP contribution in [-0.4, -0.2) is 16.2 Å². The van der Waals surface area contributed by atoms with Crippen LogP contribution in [0.4, 0.5) is 0 Å². The van der Waals surface area contributed by atoms with Crippen molar-refractivity contribution in [3.8, 4) is 0 Å². The summed E-state index contributed by atoms with van der Waals surface area (Å²) in [6.07, 6.45) is 2.28. The summed E-state index contributed by atoms with van der Waals surface area (Å²) in [6, 6.07) is 1.98. The standard InChI is InChI=1S/C13H15NO3S/c1-7(2)9-6-8-10(18-9)11(14-17-8)13(12(15)16)4-3-5-13/h6-7H,3-5H2,1-2H3,(H,15,16). The van der Waals surface area contributed by atoms with Crippen molar-refractivity contribution in [1.29, 1.82) is 0 Å². The van der Waals surface area contributed by atoms with Gasteiger partial charge in [0, 0.05) is 4.88 Å². The van der Waals surface area contributed by atoms with E-state index in [0.29, 0.717) is 24.5 Å². The highest BCUT2D eigenvalue weighted by Crippen LogP contribution is 2.47. The van der Waals surface area contributed by atoms with Gasteiger partial charge in [0.1, 0.15) is 11.1 Å². The third kappa shape index (κ3) is 1.43. The van der Waals surface area contributed by atoms with Gasteiger partial charge in [-0.1, -0.05) is 25.4 Å². The lowest BCUT2D eigenvalue weighted by atomic mass is 9.66. The van der Waals surface area contributed by atoms with Crippen LogP contribution in [-0.2, 0) is 10.2 Å². The maximum absolute atomic E-state index is 11.5. The molecule has 1 aliphatic carbocycles. The van der Waals surface area contributed by atoms with E-state index in [2.05, 4.69) is 19.0 Å². The zero-order valence-corrected chi connectivity index (χ0v) is 11.2. The quantitative estimate of drug-likeness (QED) is 0.922. The fraction of sp³-hybridized carbons (Fsp3) is 0.538. The van der Waals surface area contributed by atoms with E-state index in [1.54, 1.807) is 11.3 Å². The van der Waals surface area contributed by atoms with Gasteiger partial charge >= 0.3 is 5.97 Å². The highest BCUT2D eigenvalue weighted by atomic mass is 32.1. The number of carboxylic acid groups (broad SMARTS) is 1. The van der Waals surface area contributed by atoms with Gasteiger partial charge in [0.05, 0.1) is 4.70 Å². The van der Waals surface area contributed by atoms with E-state index >= 15 is 0 Å². The average molecular weight is 265 g/mol. The summed E-state index contributed by atoms with van der Waals surface area (Å²) in [5.41, 5.74) is 0.559. The van der Waals surface area contributed by atoms with Crippen molar-refractivity contribution in [2.45, 2.75) is 44.4 Å². The molecule has 0 radical (unpaired) electrons. The van der Waals surface area contributed by atoms with E-state index in [0.717, 1.165) is 16.7 Å². The van der Waals surface area contributed by atoms with Gasteiger partial charge < -0.3 is 9.63 Å². The fourth-order valence-corrected chi connectivity index (χ4v) is 3.60. The Balaban J connectivity index is 2.14. The minimum atomic E-state index is -0.801. The molecule has 1 fully saturated rings. The number of fused-ring (bicyclic) bond motifs is 1. The number of hydrogen-bond acceptors (Lipinski definition) is 4. The van der Waals surface area contributed by atoms with E-state index < -0.39 is 11.4 Å². The van der Waals surface area contributed by atoms with Crippen LogP contribution >= 0.6 is 11.3 Å². The molecule has 2 heterocycles. The fourth-order valence-electron chi connectivity index (χ4n) is 2.43. The minimum absolute atomic E-state index is 0.424. The van der Waals surface area contributed by atoms with Crippen molar-refractivity contribution in [3.05, 3.63) is 16.6 Å². The summed E-state index contributed by atoms with van der Waals surface area (Å²) < 4.78 is 6.23. The summed E-state index contributed by atoms with van der Waals surface area (Å²) in [7, 11) is 0. The zero-order valence-electron chi connectivity index (χ0n) is 10.4. The van der Waals surface area contributed by atoms with Gasteiger partial charge in [0.2, 0.25) is 0 Å². The number of nitrogens with zero attached hydrogens (tertiary/aromatic N) is 1. The average Bonchev–Trinajstić information content (AvgIpc) is 2.76. The molecule has 0 atom stereocenters. The highest BCUT2D eigenvalue weighted by molar-refractivity contribution is 7.19. The molecular weight excluding hydrogens is 250 g/mol. The molecule has 3 rings (SSSR count). The summed E-state index contributed by atoms with van der Waals surface area (Å²) in [5, 5.41) is 13.5. The second-order valence-corrected chi connectivity index (χ2v) is 6.35. The van der Waals surface area contributed by atoms with E-state index in [1.165, 1.54) is 4.88 Å². The van der Waals surface area contributed by atoms with Gasteiger partial charge in [0.25, 0.3) is 0 Å². The molecule has 0 unspecified atom stereocenters. The van der Waals surface area contributed by atoms with Crippen LogP contribution in [0, 0.1) is 0 Å². The Bertz CT molecular complexity index is 607. The summed E-state index contributed by atoms with van der Waals surface area (Å²) in [4.78, 5) is 12.7. The van der Waals surface area contributed by atoms with Crippen LogP contribution in [0.5, 0.6) is 0 Å². The van der Waals surface area contributed by atoms with Crippen LogP contribution in [0.15, 0.2) is 10.6 Å². The van der Waals surface area contributed by atoms with Crippen LogP contribution in [0.3, 0.4) is 0 Å². The molecule has 0 aliphatic heterocycles. The molecule has 0 saturated heterocycles. The first kappa shape index (κ1) is 11.7. The van der Waals surface area contributed by atoms with Gasteiger partial charge in [-0.15, -0.1) is 11.3 Å². The Morgan fingerprint density at radius 1 is 1.56 bits per heavy atom. The van der Waals surface area contributed by atoms with Crippen molar-refractivity contribution in [3.63, 3.8) is 0 Å². The van der Waals surface area contributed by atoms with Crippen LogP contribution in [0.1, 0.15) is 49.6 Å². The largest absolute Gasteiger partial charge is 0.481 e. The van der Waals surface area contributed by atoms with Crippen molar-refractivity contribution < 1.29 is 14.4 Å². The molecule has 4 nitrogen and oxygen atoms in total. The Hall–Kier alpha value is -1.36. The lowest BCUT2D eigenvalue weighted by Gasteiger charge is -2.35. The summed E-state index contributed by atoms with van der Waals surface area (Å²) in [5.74, 6) is -0.351. The van der Waals surface area contributed by atoms with Gasteiger partial charge in [-0.05, 0) is 24.8 Å². The predicted octanol–water partition coefficient (Wildman–Crippen LogP) is 3.52. The third-order valence-corrected chi connectivity index (χ3v) is 5.23. The van der Waals surface area contributed by atoms with Gasteiger partial charge in [0.15, 0.2) is 5.58 Å². The first-order valence-electron chi connectivity index (χ1n) is 6.17. The molecule has 18 heavy (non-hydrogen) atoms. The zero-order chi connectivity index (χ0) is 12.9. The second kappa shape index (κ2) is 3.82. The number of hydrogen-bond donors (Lipinski definition) is 1. The van der Waals surface area contributed by atoms with Crippen LogP contribution < -0.4 is 0 Å². The SMILES string of the molecule is CC(C)c1cc2onc(C3(C(=O)O)CCC3)c2s1. The summed E-state index contributed by atoms with van der Waals surface area (Å²) in [6.45, 7) is 4.24. The summed E-state index contributed by atoms with van der Waals surface area (Å²) >= 11 is 1.61. The number of thiophene rings is 1. The van der Waals surface area contributed by atoms with Crippen molar-refractivity contribution in [2.75, 3.05) is 0 Å². The van der Waals surface area contributed by atoms with Crippen molar-refractivity contribution in [2.24, 2.45) is 0 Å². The topological polar surface area (TPSA) is 63.3 Å². The number of carbonyl (C=O) groups is 1. The van der Waals surface area contributed by atoms with Gasteiger partial charge in [-0.25, -0.2) is 0 Å². The second-order valence-electron chi connectivity index (χ2n) is 5.27. The lowest BCUT2D eigenvalue weighted by molar-refractivity contribution is -0.147. The normalized spacial score (nSPS) is 18.2. The lowest BCUT2D eigenvalue weighted by Crippen LogP contribution is -2.42. The van der Waals surface area contributed by atoms with E-state index in [4.69, 9.17) is 4.52 Å². The Morgan fingerprint density at radius 2 is 2.28 bits per heavy atom. The van der Waals surface area contributed by atoms with E-state index in [-0.39, 0.29) is 0 Å². The van der Waals surface area contributed by atoms with Crippen LogP contribution in [0.25, 0.3) is 10.3 Å². The first-order valence-corrected chi connectivity index (χ1v) is 6.99. The van der Waals surface area contributed by atoms with E-state index in [1.807, 2.05) is 6.07 Å². The Labute approximate surface area is 109 Å². The molecule has 2 aromatic rings. The molecule has 5 heteroatoms. The Morgan fingerprint density at radius 3 is 2.78 bits per heavy atom. The molecule has 0 aromatic carbocycles. The molecule has 2 aromatic heterocycles. The maximum Gasteiger partial charge on any atom is 0.315 e. The van der Waals surface area contributed by atoms with Crippen molar-refractivity contribution in [1.82, 2.24) is 5.16 Å². The first-order chi connectivity index (χ1) is 8.54. The number of aliphatic carboxylic acids is 1. The molecule has 1 N–H and O–H groups in total. The maximum atomic E-state index is 11.5. The number of carboxylic acids is 1. The monoisotopic (exact) mass is 265 g/mol. The minimum Gasteiger partial charge on any atom is -0.481 e.